The van der Waals surface area contributed by atoms with Crippen molar-refractivity contribution >= 4 is 23.6 Å². The number of nitrogens with zero attached hydrogens (tertiary/aromatic N) is 4. The first-order valence-corrected chi connectivity index (χ1v) is 12.9. The number of halogens is 3. The molecule has 1 radical (unpaired) electrons. The van der Waals surface area contributed by atoms with Gasteiger partial charge in [-0.3, -0.25) is 15.1 Å². The average molecular weight is 653 g/mol. The van der Waals surface area contributed by atoms with Crippen LogP contribution in [-0.2, 0) is 50.2 Å². The van der Waals surface area contributed by atoms with Gasteiger partial charge in [0, 0.05) is 77.2 Å². The van der Waals surface area contributed by atoms with E-state index in [1.807, 2.05) is 11.9 Å². The molecule has 9 nitrogen and oxygen atoms in total. The summed E-state index contributed by atoms with van der Waals surface area (Å²) in [6.07, 6.45) is 3.92. The molecular weight excluding hydrogens is 624 g/mol. The predicted molar refractivity (Wildman–Crippen MR) is 148 cm³/mol. The SMILES string of the molecule is CCOC(=N)/C=C\c1ncc(C#Cc2[c-]ncc(C(=O)Nc3ccc(CN4CCN(C)CC4)c(C(F)(F)F)c3)c2)[nH]1.[Y]. The molecule has 217 valence electrons. The molecule has 0 spiro atoms. The molecule has 1 aliphatic rings. The second-order valence-corrected chi connectivity index (χ2v) is 9.35. The van der Waals surface area contributed by atoms with Gasteiger partial charge in [0.05, 0.1) is 24.1 Å². The third-order valence-corrected chi connectivity index (χ3v) is 6.23. The summed E-state index contributed by atoms with van der Waals surface area (Å²) in [5, 5.41) is 10.1. The molecule has 1 saturated heterocycles. The zero-order valence-corrected chi connectivity index (χ0v) is 26.0. The fourth-order valence-electron chi connectivity index (χ4n) is 4.07. The Kier molecular flexibility index (Phi) is 12.0. The number of H-pyrrole nitrogens is 1. The maximum absolute atomic E-state index is 13.9. The molecule has 1 aliphatic heterocycles. The number of ether oxygens (including phenoxy) is 1. The Labute approximate surface area is 267 Å². The molecule has 3 heterocycles. The molecule has 3 N–H and O–H groups in total. The summed E-state index contributed by atoms with van der Waals surface area (Å²) in [4.78, 5) is 28.0. The molecule has 1 amide bonds. The number of carbonyl (C=O) groups excluding carboxylic acids is 1. The zero-order valence-electron chi connectivity index (χ0n) is 23.2. The number of anilines is 1. The van der Waals surface area contributed by atoms with Crippen molar-refractivity contribution in [2.75, 3.05) is 45.2 Å². The molecule has 4 rings (SSSR count). The van der Waals surface area contributed by atoms with Crippen LogP contribution in [0.3, 0.4) is 0 Å². The maximum Gasteiger partial charge on any atom is 0.416 e. The number of imidazole rings is 1. The van der Waals surface area contributed by atoms with Crippen LogP contribution in [0.25, 0.3) is 6.08 Å². The van der Waals surface area contributed by atoms with Gasteiger partial charge in [0.2, 0.25) is 11.8 Å². The minimum Gasteiger partial charge on any atom is -0.478 e. The zero-order chi connectivity index (χ0) is 29.4. The molecule has 42 heavy (non-hydrogen) atoms. The third kappa shape index (κ3) is 9.59. The van der Waals surface area contributed by atoms with Crippen molar-refractivity contribution in [1.29, 1.82) is 5.41 Å². The van der Waals surface area contributed by atoms with E-state index in [1.165, 1.54) is 36.7 Å². The molecule has 0 aliphatic carbocycles. The summed E-state index contributed by atoms with van der Waals surface area (Å²) >= 11 is 0. The topological polar surface area (TPSA) is 110 Å². The minimum atomic E-state index is -4.57. The van der Waals surface area contributed by atoms with Crippen LogP contribution >= 0.6 is 0 Å². The molecule has 0 atom stereocenters. The molecule has 1 aromatic carbocycles. The van der Waals surface area contributed by atoms with Gasteiger partial charge in [-0.05, 0) is 55.7 Å². The van der Waals surface area contributed by atoms with Crippen LogP contribution in [0.5, 0.6) is 0 Å². The van der Waals surface area contributed by atoms with Crippen LogP contribution < -0.4 is 5.32 Å². The number of benzene rings is 1. The molecule has 1 fully saturated rings. The predicted octanol–water partition coefficient (Wildman–Crippen LogP) is 4.05. The molecule has 13 heteroatoms. The summed E-state index contributed by atoms with van der Waals surface area (Å²) in [5.41, 5.74) is 0.321. The first kappa shape index (κ1) is 33.1. The number of amides is 1. The normalized spacial score (nSPS) is 14.1. The number of carbonyl (C=O) groups is 1. The quantitative estimate of drug-likeness (QED) is 0.154. The van der Waals surface area contributed by atoms with Gasteiger partial charge in [0.1, 0.15) is 5.82 Å². The Balaban J connectivity index is 0.00000484. The number of pyridine rings is 1. The van der Waals surface area contributed by atoms with Crippen LogP contribution in [0.4, 0.5) is 18.9 Å². The number of aromatic amines is 1. The molecule has 0 saturated carbocycles. The smallest absolute Gasteiger partial charge is 0.416 e. The molecule has 2 aromatic heterocycles. The number of likely N-dealkylation sites (N-methyl/N-ethyl adjacent to an activating group) is 1. The molecule has 0 unspecified atom stereocenters. The maximum atomic E-state index is 13.9. The fraction of sp³-hybridized carbons (Fsp3) is 0.310. The molecule has 0 bridgehead atoms. The van der Waals surface area contributed by atoms with Gasteiger partial charge >= 0.3 is 6.18 Å². The fourth-order valence-corrected chi connectivity index (χ4v) is 4.07. The van der Waals surface area contributed by atoms with E-state index >= 15 is 0 Å². The first-order chi connectivity index (χ1) is 19.6. The number of aromatic nitrogens is 3. The summed E-state index contributed by atoms with van der Waals surface area (Å²) in [7, 11) is 1.99. The van der Waals surface area contributed by atoms with Gasteiger partial charge in [0.25, 0.3) is 0 Å². The van der Waals surface area contributed by atoms with Crippen LogP contribution in [0.2, 0.25) is 0 Å². The second-order valence-electron chi connectivity index (χ2n) is 9.35. The number of hydrogen-bond acceptors (Lipinski definition) is 7. The van der Waals surface area contributed by atoms with Crippen molar-refractivity contribution in [1.82, 2.24) is 24.8 Å². The Morgan fingerprint density at radius 1 is 1.21 bits per heavy atom. The van der Waals surface area contributed by atoms with Crippen molar-refractivity contribution < 1.29 is 55.4 Å². The van der Waals surface area contributed by atoms with Gasteiger partial charge in [-0.15, -0.1) is 12.0 Å². The minimum absolute atomic E-state index is 0. The van der Waals surface area contributed by atoms with Crippen molar-refractivity contribution in [3.05, 3.63) is 82.7 Å². The van der Waals surface area contributed by atoms with Crippen molar-refractivity contribution in [3.63, 3.8) is 0 Å². The van der Waals surface area contributed by atoms with E-state index in [4.69, 9.17) is 10.1 Å². The van der Waals surface area contributed by atoms with Gasteiger partial charge in [-0.2, -0.15) is 19.1 Å². The Morgan fingerprint density at radius 2 is 1.98 bits per heavy atom. The van der Waals surface area contributed by atoms with Gasteiger partial charge in [-0.25, -0.2) is 4.98 Å². The van der Waals surface area contributed by atoms with Crippen molar-refractivity contribution in [2.45, 2.75) is 19.6 Å². The summed E-state index contributed by atoms with van der Waals surface area (Å²) < 4.78 is 46.7. The van der Waals surface area contributed by atoms with Crippen LogP contribution in [0.1, 0.15) is 45.5 Å². The first-order valence-electron chi connectivity index (χ1n) is 12.9. The number of alkyl halides is 3. The van der Waals surface area contributed by atoms with E-state index < -0.39 is 17.6 Å². The Morgan fingerprint density at radius 3 is 2.69 bits per heavy atom. The summed E-state index contributed by atoms with van der Waals surface area (Å²) in [6.45, 7) is 5.32. The Hall–Kier alpha value is -3.37. The van der Waals surface area contributed by atoms with E-state index in [0.717, 1.165) is 19.2 Å². The van der Waals surface area contributed by atoms with Crippen LogP contribution in [0, 0.1) is 23.4 Å². The van der Waals surface area contributed by atoms with E-state index in [9.17, 15) is 18.0 Å². The van der Waals surface area contributed by atoms with Crippen LogP contribution in [0.15, 0.2) is 42.7 Å². The van der Waals surface area contributed by atoms with Crippen molar-refractivity contribution in [3.8, 4) is 11.8 Å². The number of hydrogen-bond donors (Lipinski definition) is 3. The van der Waals surface area contributed by atoms with E-state index in [2.05, 4.69) is 43.2 Å². The van der Waals surface area contributed by atoms with E-state index in [1.54, 1.807) is 13.0 Å². The molecular formula is C29H29F3N7O2Y-. The summed E-state index contributed by atoms with van der Waals surface area (Å²) in [5.74, 6) is 5.54. The number of rotatable bonds is 7. The monoisotopic (exact) mass is 653 g/mol. The summed E-state index contributed by atoms with van der Waals surface area (Å²) in [6, 6.07) is 5.30. The standard InChI is InChI=1S/C29H29F3N7O2.Y/c1-3-41-26(33)8-9-27-35-18-24(36-27)6-4-20-14-22(17-34-16-20)28(40)37-23-7-5-21(25(15-23)29(30,31)32)19-39-12-10-38(2)11-13-39;/h5,7-9,14-15,17-18,33H,3,10-13,19H2,1-2H3,(H,35,36)(H,37,40);/q-1;/b9-8-,33-26?;. The largest absolute Gasteiger partial charge is 0.478 e. The van der Waals surface area contributed by atoms with Gasteiger partial charge in [0.15, 0.2) is 0 Å². The van der Waals surface area contributed by atoms with Gasteiger partial charge in [-0.1, -0.05) is 11.6 Å². The van der Waals surface area contributed by atoms with E-state index in [-0.39, 0.29) is 62.0 Å². The third-order valence-electron chi connectivity index (χ3n) is 6.23. The molecule has 3 aromatic rings. The van der Waals surface area contributed by atoms with Crippen LogP contribution in [-0.4, -0.2) is 76.4 Å². The number of piperazine rings is 1. The van der Waals surface area contributed by atoms with Crippen molar-refractivity contribution in [2.24, 2.45) is 0 Å². The number of nitrogens with one attached hydrogen (secondary N) is 3. The second kappa shape index (κ2) is 15.2. The van der Waals surface area contributed by atoms with Gasteiger partial charge < -0.3 is 24.9 Å². The Bertz CT molecular complexity index is 1490. The average Bonchev–Trinajstić information content (AvgIpc) is 3.40. The van der Waals surface area contributed by atoms with E-state index in [0.29, 0.717) is 36.8 Å².